The third-order valence-electron chi connectivity index (χ3n) is 2.08. The van der Waals surface area contributed by atoms with Gasteiger partial charge in [-0.05, 0) is 24.6 Å². The minimum Gasteiger partial charge on any atom is -0.320 e. The van der Waals surface area contributed by atoms with Gasteiger partial charge in [0.05, 0.1) is 6.20 Å². The Bertz CT molecular complexity index is 510. The fourth-order valence-corrected chi connectivity index (χ4v) is 1.18. The van der Waals surface area contributed by atoms with E-state index in [1.807, 2.05) is 0 Å². The van der Waals surface area contributed by atoms with Crippen LogP contribution in [0.25, 0.3) is 0 Å². The first-order chi connectivity index (χ1) is 7.66. The first kappa shape index (κ1) is 10.3. The zero-order valence-corrected chi connectivity index (χ0v) is 8.49. The summed E-state index contributed by atoms with van der Waals surface area (Å²) in [5.41, 5.74) is 1.07. The molecule has 5 nitrogen and oxygen atoms in total. The molecule has 82 valence electrons. The lowest BCUT2D eigenvalue weighted by atomic mass is 10.2. The third-order valence-corrected chi connectivity index (χ3v) is 2.08. The van der Waals surface area contributed by atoms with Crippen molar-refractivity contribution in [1.29, 1.82) is 0 Å². The Morgan fingerprint density at radius 3 is 2.94 bits per heavy atom. The summed E-state index contributed by atoms with van der Waals surface area (Å²) in [6, 6.07) is 4.47. The molecule has 1 aromatic heterocycles. The number of anilines is 1. The molecule has 0 spiro atoms. The molecule has 0 unspecified atom stereocenters. The number of H-pyrrole nitrogens is 1. The van der Waals surface area contributed by atoms with Crippen molar-refractivity contribution in [1.82, 2.24) is 15.4 Å². The molecular formula is C10H9FN4O. The summed E-state index contributed by atoms with van der Waals surface area (Å²) in [4.78, 5) is 11.5. The number of aromatic nitrogens is 3. The highest BCUT2D eigenvalue weighted by molar-refractivity contribution is 6.02. The summed E-state index contributed by atoms with van der Waals surface area (Å²) in [6.07, 6.45) is 1.29. The molecule has 2 rings (SSSR count). The van der Waals surface area contributed by atoms with Crippen molar-refractivity contribution >= 4 is 11.6 Å². The van der Waals surface area contributed by atoms with E-state index in [1.165, 1.54) is 12.3 Å². The molecule has 0 fully saturated rings. The van der Waals surface area contributed by atoms with Gasteiger partial charge < -0.3 is 5.32 Å². The van der Waals surface area contributed by atoms with Crippen molar-refractivity contribution in [3.8, 4) is 0 Å². The van der Waals surface area contributed by atoms with Crippen LogP contribution in [0, 0.1) is 12.7 Å². The molecule has 0 saturated heterocycles. The van der Waals surface area contributed by atoms with Gasteiger partial charge in [-0.3, -0.25) is 4.79 Å². The van der Waals surface area contributed by atoms with Crippen LogP contribution in [-0.4, -0.2) is 21.3 Å². The van der Waals surface area contributed by atoms with E-state index >= 15 is 0 Å². The predicted octanol–water partition coefficient (Wildman–Crippen LogP) is 1.50. The van der Waals surface area contributed by atoms with Gasteiger partial charge >= 0.3 is 0 Å². The van der Waals surface area contributed by atoms with Gasteiger partial charge in [-0.2, -0.15) is 15.4 Å². The maximum atomic E-state index is 13.2. The number of amides is 1. The number of benzene rings is 1. The third kappa shape index (κ3) is 2.05. The molecule has 0 aliphatic heterocycles. The first-order valence-corrected chi connectivity index (χ1v) is 4.60. The minimum atomic E-state index is -0.433. The van der Waals surface area contributed by atoms with Crippen LogP contribution in [0.4, 0.5) is 10.1 Å². The van der Waals surface area contributed by atoms with Crippen LogP contribution in [0.15, 0.2) is 24.4 Å². The van der Waals surface area contributed by atoms with Crippen molar-refractivity contribution in [2.24, 2.45) is 0 Å². The van der Waals surface area contributed by atoms with Gasteiger partial charge in [-0.15, -0.1) is 0 Å². The van der Waals surface area contributed by atoms with Crippen LogP contribution in [0.2, 0.25) is 0 Å². The molecule has 2 N–H and O–H groups in total. The van der Waals surface area contributed by atoms with Crippen molar-refractivity contribution in [2.75, 3.05) is 5.32 Å². The summed E-state index contributed by atoms with van der Waals surface area (Å²) in [5.74, 6) is -0.796. The summed E-state index contributed by atoms with van der Waals surface area (Å²) in [7, 11) is 0. The number of nitrogens with one attached hydrogen (secondary N) is 2. The van der Waals surface area contributed by atoms with Crippen molar-refractivity contribution in [2.45, 2.75) is 6.92 Å². The molecule has 1 heterocycles. The van der Waals surface area contributed by atoms with Gasteiger partial charge in [-0.25, -0.2) is 4.39 Å². The SMILES string of the molecule is Cc1ccc(NC(=O)c2cn[nH]n2)cc1F. The van der Waals surface area contributed by atoms with Gasteiger partial charge in [0.15, 0.2) is 5.69 Å². The monoisotopic (exact) mass is 220 g/mol. The molecular weight excluding hydrogens is 211 g/mol. The van der Waals surface area contributed by atoms with Crippen LogP contribution in [0.5, 0.6) is 0 Å². The average molecular weight is 220 g/mol. The number of hydrogen-bond acceptors (Lipinski definition) is 3. The Balaban J connectivity index is 2.15. The normalized spacial score (nSPS) is 10.1. The molecule has 0 aliphatic carbocycles. The van der Waals surface area contributed by atoms with E-state index in [0.717, 1.165) is 0 Å². The number of rotatable bonds is 2. The maximum absolute atomic E-state index is 13.2. The van der Waals surface area contributed by atoms with E-state index < -0.39 is 5.91 Å². The van der Waals surface area contributed by atoms with Crippen LogP contribution >= 0.6 is 0 Å². The predicted molar refractivity (Wildman–Crippen MR) is 55.5 cm³/mol. The fraction of sp³-hybridized carbons (Fsp3) is 0.100. The number of aryl methyl sites for hydroxylation is 1. The summed E-state index contributed by atoms with van der Waals surface area (Å²) < 4.78 is 13.2. The molecule has 16 heavy (non-hydrogen) atoms. The number of aromatic amines is 1. The molecule has 1 amide bonds. The second-order valence-electron chi connectivity index (χ2n) is 3.27. The highest BCUT2D eigenvalue weighted by Gasteiger charge is 2.09. The molecule has 6 heteroatoms. The van der Waals surface area contributed by atoms with Gasteiger partial charge in [-0.1, -0.05) is 6.07 Å². The van der Waals surface area contributed by atoms with Gasteiger partial charge in [0.2, 0.25) is 0 Å². The van der Waals surface area contributed by atoms with Crippen LogP contribution in [0.1, 0.15) is 16.1 Å². The Kier molecular flexibility index (Phi) is 2.63. The van der Waals surface area contributed by atoms with Gasteiger partial charge in [0, 0.05) is 5.69 Å². The lowest BCUT2D eigenvalue weighted by molar-refractivity contribution is 0.102. The maximum Gasteiger partial charge on any atom is 0.277 e. The van der Waals surface area contributed by atoms with Gasteiger partial charge in [0.1, 0.15) is 5.82 Å². The lowest BCUT2D eigenvalue weighted by Gasteiger charge is -2.03. The van der Waals surface area contributed by atoms with Crippen molar-refractivity contribution < 1.29 is 9.18 Å². The van der Waals surface area contributed by atoms with E-state index in [0.29, 0.717) is 11.3 Å². The van der Waals surface area contributed by atoms with E-state index in [2.05, 4.69) is 20.7 Å². The Labute approximate surface area is 90.7 Å². The minimum absolute atomic E-state index is 0.154. The van der Waals surface area contributed by atoms with Gasteiger partial charge in [0.25, 0.3) is 5.91 Å². The quantitative estimate of drug-likeness (QED) is 0.805. The van der Waals surface area contributed by atoms with Crippen molar-refractivity contribution in [3.63, 3.8) is 0 Å². The summed E-state index contributed by atoms with van der Waals surface area (Å²) in [6.45, 7) is 1.65. The van der Waals surface area contributed by atoms with E-state index in [1.54, 1.807) is 19.1 Å². The standard InChI is InChI=1S/C10H9FN4O/c1-6-2-3-7(4-8(6)11)13-10(16)9-5-12-15-14-9/h2-5H,1H3,(H,13,16)(H,12,14,15). The fourth-order valence-electron chi connectivity index (χ4n) is 1.18. The zero-order chi connectivity index (χ0) is 11.5. The molecule has 0 atom stereocenters. The smallest absolute Gasteiger partial charge is 0.277 e. The van der Waals surface area contributed by atoms with E-state index in [9.17, 15) is 9.18 Å². The van der Waals surface area contributed by atoms with Crippen molar-refractivity contribution in [3.05, 3.63) is 41.5 Å². The highest BCUT2D eigenvalue weighted by atomic mass is 19.1. The highest BCUT2D eigenvalue weighted by Crippen LogP contribution is 2.14. The van der Waals surface area contributed by atoms with Crippen LogP contribution < -0.4 is 5.32 Å². The summed E-state index contributed by atoms with van der Waals surface area (Å²) >= 11 is 0. The number of carbonyl (C=O) groups excluding carboxylic acids is 1. The number of halogens is 1. The number of hydrogen-bond donors (Lipinski definition) is 2. The molecule has 0 bridgehead atoms. The topological polar surface area (TPSA) is 70.7 Å². The largest absolute Gasteiger partial charge is 0.320 e. The first-order valence-electron chi connectivity index (χ1n) is 4.60. The molecule has 0 radical (unpaired) electrons. The number of carbonyl (C=O) groups is 1. The molecule has 2 aromatic rings. The number of nitrogens with zero attached hydrogens (tertiary/aromatic N) is 2. The summed E-state index contributed by atoms with van der Waals surface area (Å²) in [5, 5.41) is 11.9. The zero-order valence-electron chi connectivity index (χ0n) is 8.49. The van der Waals surface area contributed by atoms with E-state index in [4.69, 9.17) is 0 Å². The molecule has 0 saturated carbocycles. The Morgan fingerprint density at radius 1 is 1.50 bits per heavy atom. The van der Waals surface area contributed by atoms with E-state index in [-0.39, 0.29) is 11.5 Å². The second kappa shape index (κ2) is 4.09. The molecule has 1 aromatic carbocycles. The Morgan fingerprint density at radius 2 is 2.31 bits per heavy atom. The molecule has 0 aliphatic rings. The van der Waals surface area contributed by atoms with Crippen LogP contribution in [0.3, 0.4) is 0 Å². The average Bonchev–Trinajstić information content (AvgIpc) is 2.77. The van der Waals surface area contributed by atoms with Crippen LogP contribution in [-0.2, 0) is 0 Å². The Hall–Kier alpha value is -2.24. The second-order valence-corrected chi connectivity index (χ2v) is 3.27. The lowest BCUT2D eigenvalue weighted by Crippen LogP contribution is -2.12.